The van der Waals surface area contributed by atoms with Crippen LogP contribution in [0.15, 0.2) is 77.3 Å². The van der Waals surface area contributed by atoms with E-state index >= 15 is 0 Å². The van der Waals surface area contributed by atoms with E-state index in [0.29, 0.717) is 0 Å². The van der Waals surface area contributed by atoms with Crippen LogP contribution in [0.25, 0.3) is 0 Å². The van der Waals surface area contributed by atoms with Crippen molar-refractivity contribution >= 4 is 27.5 Å². The highest BCUT2D eigenvalue weighted by atomic mass is 79.9. The molecule has 0 bridgehead atoms. The number of nitrogens with one attached hydrogen (secondary N) is 1. The third-order valence-electron chi connectivity index (χ3n) is 6.06. The summed E-state index contributed by atoms with van der Waals surface area (Å²) >= 11 is 3.66. The molecule has 1 spiro atoms. The minimum atomic E-state index is -0.540. The lowest BCUT2D eigenvalue weighted by molar-refractivity contribution is -0.118. The molecule has 1 fully saturated rings. The van der Waals surface area contributed by atoms with E-state index in [2.05, 4.69) is 88.8 Å². The van der Waals surface area contributed by atoms with Gasteiger partial charge < -0.3 is 5.32 Å². The van der Waals surface area contributed by atoms with Gasteiger partial charge in [0, 0.05) is 15.6 Å². The summed E-state index contributed by atoms with van der Waals surface area (Å²) < 4.78 is 1.05. The van der Waals surface area contributed by atoms with E-state index in [1.807, 2.05) is 12.1 Å². The Morgan fingerprint density at radius 3 is 2.04 bits per heavy atom. The summed E-state index contributed by atoms with van der Waals surface area (Å²) in [6.45, 7) is 2.05. The molecule has 2 nitrogen and oxygen atoms in total. The molecule has 0 radical (unpaired) electrons. The third kappa shape index (κ3) is 1.84. The molecule has 3 aromatic carbocycles. The lowest BCUT2D eigenvalue weighted by atomic mass is 9.77. The Labute approximate surface area is 161 Å². The van der Waals surface area contributed by atoms with Gasteiger partial charge in [-0.2, -0.15) is 0 Å². The molecule has 1 aliphatic carbocycles. The topological polar surface area (TPSA) is 29.1 Å². The van der Waals surface area contributed by atoms with Crippen molar-refractivity contribution in [3.05, 3.63) is 99.5 Å². The Bertz CT molecular complexity index is 989. The van der Waals surface area contributed by atoms with Crippen molar-refractivity contribution in [1.82, 2.24) is 0 Å². The smallest absolute Gasteiger partial charge is 0.236 e. The Balaban J connectivity index is 1.79. The number of carbonyl (C=O) groups excluding carboxylic acids is 1. The van der Waals surface area contributed by atoms with Crippen LogP contribution in [-0.4, -0.2) is 5.91 Å². The maximum absolute atomic E-state index is 13.3. The monoisotopic (exact) mass is 403 g/mol. The summed E-state index contributed by atoms with van der Waals surface area (Å²) in [5.41, 5.74) is 4.72. The number of halogens is 1. The second-order valence-electron chi connectivity index (χ2n) is 7.32. The molecular weight excluding hydrogens is 386 g/mol. The van der Waals surface area contributed by atoms with Gasteiger partial charge in [0.15, 0.2) is 0 Å². The van der Waals surface area contributed by atoms with E-state index in [1.165, 1.54) is 11.1 Å². The van der Waals surface area contributed by atoms with Crippen LogP contribution in [0.2, 0.25) is 0 Å². The lowest BCUT2D eigenvalue weighted by Gasteiger charge is -2.23. The van der Waals surface area contributed by atoms with Gasteiger partial charge in [-0.05, 0) is 47.7 Å². The number of carbonyl (C=O) groups is 1. The number of amides is 1. The van der Waals surface area contributed by atoms with E-state index in [-0.39, 0.29) is 11.3 Å². The number of aryl methyl sites for hydroxylation is 1. The fourth-order valence-corrected chi connectivity index (χ4v) is 5.09. The second-order valence-corrected chi connectivity index (χ2v) is 8.17. The molecule has 1 aliphatic heterocycles. The molecule has 0 saturated heterocycles. The van der Waals surface area contributed by atoms with E-state index in [0.717, 1.165) is 27.7 Å². The van der Waals surface area contributed by atoms with Gasteiger partial charge in [-0.1, -0.05) is 76.6 Å². The number of benzene rings is 3. The van der Waals surface area contributed by atoms with Crippen LogP contribution >= 0.6 is 15.9 Å². The summed E-state index contributed by atoms with van der Waals surface area (Å²) in [6, 6.07) is 25.1. The first-order valence-electron chi connectivity index (χ1n) is 8.83. The van der Waals surface area contributed by atoms with Crippen LogP contribution in [0.3, 0.4) is 0 Å². The summed E-state index contributed by atoms with van der Waals surface area (Å²) in [6.07, 6.45) is 0.794. The van der Waals surface area contributed by atoms with Gasteiger partial charge in [-0.25, -0.2) is 0 Å². The molecule has 3 aromatic rings. The zero-order chi connectivity index (χ0) is 17.9. The quantitative estimate of drug-likeness (QED) is 0.614. The second kappa shape index (κ2) is 5.31. The van der Waals surface area contributed by atoms with Crippen LogP contribution in [0, 0.1) is 6.92 Å². The normalized spacial score (nSPS) is 22.2. The highest BCUT2D eigenvalue weighted by Gasteiger charge is 2.76. The van der Waals surface area contributed by atoms with Gasteiger partial charge >= 0.3 is 0 Å². The molecule has 26 heavy (non-hydrogen) atoms. The van der Waals surface area contributed by atoms with Crippen molar-refractivity contribution in [3.63, 3.8) is 0 Å². The van der Waals surface area contributed by atoms with Crippen molar-refractivity contribution in [1.29, 1.82) is 0 Å². The number of hydrogen-bond donors (Lipinski definition) is 1. The average Bonchev–Trinajstić information content (AvgIpc) is 3.31. The highest BCUT2D eigenvalue weighted by Crippen LogP contribution is 2.72. The van der Waals surface area contributed by atoms with Crippen LogP contribution in [0.4, 0.5) is 5.69 Å². The van der Waals surface area contributed by atoms with E-state index in [1.54, 1.807) is 0 Å². The van der Waals surface area contributed by atoms with Crippen molar-refractivity contribution in [2.24, 2.45) is 0 Å². The van der Waals surface area contributed by atoms with Crippen LogP contribution in [0.1, 0.15) is 28.7 Å². The Morgan fingerprint density at radius 2 is 1.46 bits per heavy atom. The first-order valence-corrected chi connectivity index (χ1v) is 9.62. The molecule has 1 N–H and O–H groups in total. The first kappa shape index (κ1) is 15.8. The molecule has 128 valence electrons. The number of fused-ring (bicyclic) bond motifs is 2. The van der Waals surface area contributed by atoms with Crippen molar-refractivity contribution in [2.45, 2.75) is 24.2 Å². The zero-order valence-corrected chi connectivity index (χ0v) is 16.0. The molecule has 1 saturated carbocycles. The van der Waals surface area contributed by atoms with Gasteiger partial charge in [0.05, 0.1) is 5.41 Å². The van der Waals surface area contributed by atoms with E-state index in [9.17, 15) is 4.79 Å². The lowest BCUT2D eigenvalue weighted by Crippen LogP contribution is -2.30. The summed E-state index contributed by atoms with van der Waals surface area (Å²) in [4.78, 5) is 13.3. The molecule has 2 aliphatic rings. The van der Waals surface area contributed by atoms with Crippen molar-refractivity contribution in [2.75, 3.05) is 5.32 Å². The minimum absolute atomic E-state index is 0.109. The summed E-state index contributed by atoms with van der Waals surface area (Å²) in [7, 11) is 0. The molecular formula is C23H18BrNO. The summed E-state index contributed by atoms with van der Waals surface area (Å²) in [5.74, 6) is 0.109. The molecule has 0 aromatic heterocycles. The molecule has 5 rings (SSSR count). The van der Waals surface area contributed by atoms with E-state index in [4.69, 9.17) is 0 Å². The van der Waals surface area contributed by atoms with Gasteiger partial charge in [0.1, 0.15) is 0 Å². The number of anilines is 1. The fraction of sp³-hybridized carbons (Fsp3) is 0.174. The Kier molecular flexibility index (Phi) is 3.23. The highest BCUT2D eigenvalue weighted by molar-refractivity contribution is 9.10. The number of rotatable bonds is 2. The number of hydrogen-bond acceptors (Lipinski definition) is 1. The Morgan fingerprint density at radius 1 is 0.885 bits per heavy atom. The van der Waals surface area contributed by atoms with Crippen LogP contribution in [0.5, 0.6) is 0 Å². The third-order valence-corrected chi connectivity index (χ3v) is 6.92. The summed E-state index contributed by atoms with van der Waals surface area (Å²) in [5, 5.41) is 3.15. The molecule has 1 atom stereocenters. The van der Waals surface area contributed by atoms with Gasteiger partial charge in [-0.15, -0.1) is 0 Å². The van der Waals surface area contributed by atoms with Crippen LogP contribution in [-0.2, 0) is 15.6 Å². The fourth-order valence-electron chi connectivity index (χ4n) is 4.75. The van der Waals surface area contributed by atoms with Crippen LogP contribution < -0.4 is 5.32 Å². The predicted octanol–water partition coefficient (Wildman–Crippen LogP) is 5.34. The van der Waals surface area contributed by atoms with Gasteiger partial charge in [0.2, 0.25) is 5.91 Å². The van der Waals surface area contributed by atoms with Gasteiger partial charge in [-0.3, -0.25) is 4.79 Å². The average molecular weight is 404 g/mol. The maximum atomic E-state index is 13.3. The Hall–Kier alpha value is -2.39. The molecule has 1 unspecified atom stereocenters. The largest absolute Gasteiger partial charge is 0.325 e. The molecule has 1 amide bonds. The zero-order valence-electron chi connectivity index (χ0n) is 14.4. The van der Waals surface area contributed by atoms with E-state index < -0.39 is 5.41 Å². The standard InChI is InChI=1S/C23H18BrNO/c1-15-12-20-18(13-19(15)24)23(21(26)25-20)14-22(23,16-8-4-2-5-9-16)17-10-6-3-7-11-17/h2-13H,14H2,1H3,(H,25,26). The van der Waals surface area contributed by atoms with Crippen molar-refractivity contribution < 1.29 is 4.79 Å². The minimum Gasteiger partial charge on any atom is -0.325 e. The SMILES string of the molecule is Cc1cc2c(cc1Br)C1(CC1(c1ccccc1)c1ccccc1)C(=O)N2. The molecule has 3 heteroatoms. The van der Waals surface area contributed by atoms with Gasteiger partial charge in [0.25, 0.3) is 0 Å². The van der Waals surface area contributed by atoms with Crippen molar-refractivity contribution in [3.8, 4) is 0 Å². The maximum Gasteiger partial charge on any atom is 0.236 e. The molecule has 1 heterocycles. The predicted molar refractivity (Wildman–Crippen MR) is 107 cm³/mol. The first-order chi connectivity index (χ1) is 12.6.